The summed E-state index contributed by atoms with van der Waals surface area (Å²) in [7, 11) is 0. The van der Waals surface area contributed by atoms with Gasteiger partial charge in [0, 0.05) is 18.2 Å². The van der Waals surface area contributed by atoms with Crippen molar-refractivity contribution >= 4 is 5.91 Å². The van der Waals surface area contributed by atoms with Crippen molar-refractivity contribution in [3.8, 4) is 0 Å². The number of aryl methyl sites for hydroxylation is 1. The predicted molar refractivity (Wildman–Crippen MR) is 68.7 cm³/mol. The summed E-state index contributed by atoms with van der Waals surface area (Å²) in [5.41, 5.74) is 1.89. The normalized spacial score (nSPS) is 10.3. The quantitative estimate of drug-likeness (QED) is 0.903. The van der Waals surface area contributed by atoms with Gasteiger partial charge in [-0.2, -0.15) is 0 Å². The molecule has 0 bridgehead atoms. The van der Waals surface area contributed by atoms with Crippen LogP contribution in [0.15, 0.2) is 42.5 Å². The Morgan fingerprint density at radius 3 is 2.42 bits per heavy atom. The molecule has 2 aromatic carbocycles. The average Bonchev–Trinajstić information content (AvgIpc) is 2.35. The number of amides is 1. The summed E-state index contributed by atoms with van der Waals surface area (Å²) in [4.78, 5) is 11.8. The number of benzene rings is 2. The van der Waals surface area contributed by atoms with Gasteiger partial charge in [0.15, 0.2) is 0 Å². The summed E-state index contributed by atoms with van der Waals surface area (Å²) >= 11 is 0. The summed E-state index contributed by atoms with van der Waals surface area (Å²) in [6, 6.07) is 10.3. The van der Waals surface area contributed by atoms with Crippen LogP contribution in [0, 0.1) is 18.6 Å². The first-order valence-electron chi connectivity index (χ1n) is 5.84. The number of halogens is 2. The van der Waals surface area contributed by atoms with Crippen molar-refractivity contribution in [2.75, 3.05) is 0 Å². The molecule has 0 atom stereocenters. The van der Waals surface area contributed by atoms with Gasteiger partial charge in [-0.05, 0) is 36.8 Å². The maximum Gasteiger partial charge on any atom is 0.251 e. The molecule has 1 amide bonds. The highest BCUT2D eigenvalue weighted by Crippen LogP contribution is 2.08. The van der Waals surface area contributed by atoms with Crippen LogP contribution < -0.4 is 5.32 Å². The number of hydrogen-bond donors (Lipinski definition) is 1. The van der Waals surface area contributed by atoms with Crippen molar-refractivity contribution in [3.63, 3.8) is 0 Å². The van der Waals surface area contributed by atoms with E-state index in [1.54, 1.807) is 18.2 Å². The molecule has 2 aromatic rings. The fourth-order valence-electron chi connectivity index (χ4n) is 1.78. The molecule has 0 aromatic heterocycles. The van der Waals surface area contributed by atoms with Crippen LogP contribution >= 0.6 is 0 Å². The van der Waals surface area contributed by atoms with Crippen molar-refractivity contribution in [2.24, 2.45) is 0 Å². The maximum atomic E-state index is 13.0. The van der Waals surface area contributed by atoms with E-state index in [1.165, 1.54) is 12.1 Å². The van der Waals surface area contributed by atoms with E-state index in [2.05, 4.69) is 5.32 Å². The predicted octanol–water partition coefficient (Wildman–Crippen LogP) is 3.20. The van der Waals surface area contributed by atoms with E-state index in [-0.39, 0.29) is 12.5 Å². The lowest BCUT2D eigenvalue weighted by Gasteiger charge is -2.06. The van der Waals surface area contributed by atoms with Gasteiger partial charge < -0.3 is 5.32 Å². The van der Waals surface area contributed by atoms with E-state index in [9.17, 15) is 13.6 Å². The van der Waals surface area contributed by atoms with Gasteiger partial charge in [0.2, 0.25) is 0 Å². The minimum Gasteiger partial charge on any atom is -0.348 e. The van der Waals surface area contributed by atoms with Crippen LogP contribution in [-0.4, -0.2) is 5.91 Å². The molecule has 98 valence electrons. The van der Waals surface area contributed by atoms with E-state index in [1.807, 2.05) is 13.0 Å². The second kappa shape index (κ2) is 5.61. The number of hydrogen-bond acceptors (Lipinski definition) is 1. The van der Waals surface area contributed by atoms with Crippen LogP contribution in [0.4, 0.5) is 8.78 Å². The number of nitrogens with one attached hydrogen (secondary N) is 1. The largest absolute Gasteiger partial charge is 0.348 e. The molecule has 4 heteroatoms. The molecule has 0 aliphatic heterocycles. The van der Waals surface area contributed by atoms with Gasteiger partial charge in [-0.15, -0.1) is 0 Å². The van der Waals surface area contributed by atoms with Gasteiger partial charge in [-0.25, -0.2) is 8.78 Å². The highest BCUT2D eigenvalue weighted by molar-refractivity contribution is 5.94. The zero-order chi connectivity index (χ0) is 13.8. The zero-order valence-electron chi connectivity index (χ0n) is 10.4. The molecule has 19 heavy (non-hydrogen) atoms. The third-order valence-corrected chi connectivity index (χ3v) is 2.66. The van der Waals surface area contributed by atoms with Gasteiger partial charge in [0.1, 0.15) is 11.6 Å². The standard InChI is InChI=1S/C15H13F2NO/c1-10-3-2-4-12(5-10)15(19)18-9-11-6-13(16)8-14(17)7-11/h2-8H,9H2,1H3,(H,18,19). The van der Waals surface area contributed by atoms with E-state index >= 15 is 0 Å². The Morgan fingerprint density at radius 1 is 1.11 bits per heavy atom. The SMILES string of the molecule is Cc1cccc(C(=O)NCc2cc(F)cc(F)c2)c1. The summed E-state index contributed by atoms with van der Waals surface area (Å²) in [6.07, 6.45) is 0. The number of rotatable bonds is 3. The van der Waals surface area contributed by atoms with Gasteiger partial charge in [-0.3, -0.25) is 4.79 Å². The smallest absolute Gasteiger partial charge is 0.251 e. The summed E-state index contributed by atoms with van der Waals surface area (Å²) < 4.78 is 26.0. The van der Waals surface area contributed by atoms with E-state index in [0.29, 0.717) is 11.1 Å². The van der Waals surface area contributed by atoms with E-state index < -0.39 is 11.6 Å². The third kappa shape index (κ3) is 3.61. The Balaban J connectivity index is 2.04. The minimum absolute atomic E-state index is 0.0848. The van der Waals surface area contributed by atoms with Crippen molar-refractivity contribution in [2.45, 2.75) is 13.5 Å². The average molecular weight is 261 g/mol. The Hall–Kier alpha value is -2.23. The van der Waals surface area contributed by atoms with Crippen LogP contribution in [-0.2, 0) is 6.54 Å². The van der Waals surface area contributed by atoms with E-state index in [0.717, 1.165) is 11.6 Å². The molecule has 1 N–H and O–H groups in total. The summed E-state index contributed by atoms with van der Waals surface area (Å²) in [5, 5.41) is 2.62. The molecule has 2 rings (SSSR count). The second-order valence-electron chi connectivity index (χ2n) is 4.33. The first-order chi connectivity index (χ1) is 9.04. The van der Waals surface area contributed by atoms with Crippen molar-refractivity contribution in [1.82, 2.24) is 5.32 Å². The highest BCUT2D eigenvalue weighted by Gasteiger charge is 2.06. The molecule has 0 fully saturated rings. The number of carbonyl (C=O) groups excluding carboxylic acids is 1. The zero-order valence-corrected chi connectivity index (χ0v) is 10.4. The topological polar surface area (TPSA) is 29.1 Å². The highest BCUT2D eigenvalue weighted by atomic mass is 19.1. The maximum absolute atomic E-state index is 13.0. The lowest BCUT2D eigenvalue weighted by molar-refractivity contribution is 0.0950. The Bertz CT molecular complexity index is 591. The first kappa shape index (κ1) is 13.2. The third-order valence-electron chi connectivity index (χ3n) is 2.66. The fraction of sp³-hybridized carbons (Fsp3) is 0.133. The molecular weight excluding hydrogens is 248 g/mol. The molecule has 0 aliphatic rings. The van der Waals surface area contributed by atoms with Crippen molar-refractivity contribution < 1.29 is 13.6 Å². The fourth-order valence-corrected chi connectivity index (χ4v) is 1.78. The summed E-state index contributed by atoms with van der Waals surface area (Å²) in [5.74, 6) is -1.58. The van der Waals surface area contributed by atoms with Crippen LogP contribution in [0.5, 0.6) is 0 Å². The van der Waals surface area contributed by atoms with Gasteiger partial charge >= 0.3 is 0 Å². The molecule has 0 saturated heterocycles. The Kier molecular flexibility index (Phi) is 3.90. The van der Waals surface area contributed by atoms with Crippen LogP contribution in [0.2, 0.25) is 0 Å². The van der Waals surface area contributed by atoms with Gasteiger partial charge in [0.05, 0.1) is 0 Å². The Morgan fingerprint density at radius 2 is 1.79 bits per heavy atom. The van der Waals surface area contributed by atoms with Gasteiger partial charge in [-0.1, -0.05) is 17.7 Å². The van der Waals surface area contributed by atoms with Gasteiger partial charge in [0.25, 0.3) is 5.91 Å². The lowest BCUT2D eigenvalue weighted by Crippen LogP contribution is -2.22. The molecule has 2 nitrogen and oxygen atoms in total. The second-order valence-corrected chi connectivity index (χ2v) is 4.33. The molecule has 0 aliphatic carbocycles. The molecular formula is C15H13F2NO. The number of carbonyl (C=O) groups is 1. The lowest BCUT2D eigenvalue weighted by atomic mass is 10.1. The molecule has 0 spiro atoms. The monoisotopic (exact) mass is 261 g/mol. The van der Waals surface area contributed by atoms with Crippen LogP contribution in [0.25, 0.3) is 0 Å². The van der Waals surface area contributed by atoms with Crippen molar-refractivity contribution in [3.05, 3.63) is 70.8 Å². The van der Waals surface area contributed by atoms with Crippen LogP contribution in [0.3, 0.4) is 0 Å². The molecule has 0 radical (unpaired) electrons. The van der Waals surface area contributed by atoms with E-state index in [4.69, 9.17) is 0 Å². The minimum atomic E-state index is -0.653. The first-order valence-corrected chi connectivity index (χ1v) is 5.84. The molecule has 0 saturated carbocycles. The molecule has 0 unspecified atom stereocenters. The molecule has 0 heterocycles. The summed E-state index contributed by atoms with van der Waals surface area (Å²) in [6.45, 7) is 1.97. The van der Waals surface area contributed by atoms with Crippen molar-refractivity contribution in [1.29, 1.82) is 0 Å². The van der Waals surface area contributed by atoms with Crippen LogP contribution in [0.1, 0.15) is 21.5 Å². The Labute approximate surface area is 110 Å².